The van der Waals surface area contributed by atoms with Gasteiger partial charge >= 0.3 is 5.97 Å². The van der Waals surface area contributed by atoms with Crippen LogP contribution in [0.3, 0.4) is 0 Å². The van der Waals surface area contributed by atoms with Gasteiger partial charge in [-0.05, 0) is 42.9 Å². The maximum absolute atomic E-state index is 12.8. The second kappa shape index (κ2) is 8.08. The third-order valence-electron chi connectivity index (χ3n) is 4.63. The number of benzene rings is 2. The molecule has 0 aliphatic carbocycles. The van der Waals surface area contributed by atoms with E-state index in [1.807, 2.05) is 13.1 Å². The van der Waals surface area contributed by atoms with Crippen LogP contribution in [-0.2, 0) is 16.6 Å². The lowest BCUT2D eigenvalue weighted by Gasteiger charge is -2.31. The smallest absolute Gasteiger partial charge is 0.335 e. The molecule has 0 amide bonds. The van der Waals surface area contributed by atoms with E-state index in [4.69, 9.17) is 5.11 Å². The number of likely N-dealkylation sites (N-methyl/N-ethyl adjacent to an activating group) is 1. The highest BCUT2D eigenvalue weighted by Gasteiger charge is 2.27. The Morgan fingerprint density at radius 1 is 1.07 bits per heavy atom. The Balaban J connectivity index is 1.69. The van der Waals surface area contributed by atoms with Crippen molar-refractivity contribution in [3.8, 4) is 0 Å². The highest BCUT2D eigenvalue weighted by atomic mass is 32.2. The van der Waals surface area contributed by atoms with Crippen LogP contribution in [0.25, 0.3) is 0 Å². The van der Waals surface area contributed by atoms with Gasteiger partial charge in [0.15, 0.2) is 0 Å². The van der Waals surface area contributed by atoms with Crippen LogP contribution >= 0.6 is 0 Å². The van der Waals surface area contributed by atoms with Gasteiger partial charge in [0.25, 0.3) is 0 Å². The number of rotatable bonds is 6. The first kappa shape index (κ1) is 19.3. The van der Waals surface area contributed by atoms with Crippen molar-refractivity contribution in [3.63, 3.8) is 0 Å². The summed E-state index contributed by atoms with van der Waals surface area (Å²) >= 11 is 0. The predicted octanol–water partition coefficient (Wildman–Crippen LogP) is 1.93. The molecule has 2 N–H and O–H groups in total. The largest absolute Gasteiger partial charge is 0.478 e. The number of sulfonamides is 1. The summed E-state index contributed by atoms with van der Waals surface area (Å²) in [5.41, 5.74) is 1.85. The molecule has 0 aromatic heterocycles. The molecule has 1 aliphatic rings. The average molecular weight is 389 g/mol. The van der Waals surface area contributed by atoms with Crippen molar-refractivity contribution in [2.75, 3.05) is 38.5 Å². The van der Waals surface area contributed by atoms with Crippen molar-refractivity contribution < 1.29 is 18.3 Å². The van der Waals surface area contributed by atoms with E-state index in [9.17, 15) is 13.2 Å². The topological polar surface area (TPSA) is 90.0 Å². The van der Waals surface area contributed by atoms with Gasteiger partial charge in [-0.15, -0.1) is 0 Å². The number of anilines is 1. The lowest BCUT2D eigenvalue weighted by atomic mass is 10.1. The maximum Gasteiger partial charge on any atom is 0.335 e. The van der Waals surface area contributed by atoms with Gasteiger partial charge in [-0.1, -0.05) is 18.2 Å². The Bertz CT molecular complexity index is 905. The second-order valence-electron chi connectivity index (χ2n) is 6.59. The van der Waals surface area contributed by atoms with Crippen molar-refractivity contribution in [2.45, 2.75) is 11.4 Å². The number of carbonyl (C=O) groups is 1. The lowest BCUT2D eigenvalue weighted by Crippen LogP contribution is -2.47. The van der Waals surface area contributed by atoms with E-state index in [1.165, 1.54) is 4.31 Å². The molecule has 1 aliphatic heterocycles. The first-order valence-corrected chi connectivity index (χ1v) is 10.1. The molecule has 2 aromatic carbocycles. The number of hydrogen-bond acceptors (Lipinski definition) is 5. The maximum atomic E-state index is 12.8. The Kier molecular flexibility index (Phi) is 5.79. The average Bonchev–Trinajstić information content (AvgIpc) is 2.67. The summed E-state index contributed by atoms with van der Waals surface area (Å²) in [6.07, 6.45) is 0. The first-order chi connectivity index (χ1) is 12.9. The number of piperazine rings is 1. The van der Waals surface area contributed by atoms with Crippen LogP contribution in [0.4, 0.5) is 5.69 Å². The summed E-state index contributed by atoms with van der Waals surface area (Å²) in [6.45, 7) is 2.91. The van der Waals surface area contributed by atoms with Crippen LogP contribution in [-0.4, -0.2) is 61.9 Å². The molecular weight excluding hydrogens is 366 g/mol. The normalized spacial score (nSPS) is 16.2. The molecule has 8 heteroatoms. The summed E-state index contributed by atoms with van der Waals surface area (Å²) in [7, 11) is -1.52. The molecule has 0 unspecified atom stereocenters. The van der Waals surface area contributed by atoms with Gasteiger partial charge in [0, 0.05) is 38.4 Å². The minimum Gasteiger partial charge on any atom is -0.478 e. The van der Waals surface area contributed by atoms with Crippen molar-refractivity contribution >= 4 is 21.7 Å². The zero-order valence-electron chi connectivity index (χ0n) is 15.1. The lowest BCUT2D eigenvalue weighted by molar-refractivity contribution is 0.0697. The Morgan fingerprint density at radius 2 is 1.74 bits per heavy atom. The molecule has 0 atom stereocenters. The summed E-state index contributed by atoms with van der Waals surface area (Å²) in [5.74, 6) is -0.962. The molecule has 0 saturated carbocycles. The van der Waals surface area contributed by atoms with Crippen LogP contribution in [0.1, 0.15) is 15.9 Å². The van der Waals surface area contributed by atoms with Crippen LogP contribution in [0.2, 0.25) is 0 Å². The summed E-state index contributed by atoms with van der Waals surface area (Å²) in [5, 5.41) is 12.1. The van der Waals surface area contributed by atoms with Crippen LogP contribution in [0.15, 0.2) is 53.4 Å². The third kappa shape index (κ3) is 4.65. The molecule has 27 heavy (non-hydrogen) atoms. The Morgan fingerprint density at radius 3 is 2.37 bits per heavy atom. The van der Waals surface area contributed by atoms with E-state index in [1.54, 1.807) is 42.5 Å². The summed E-state index contributed by atoms with van der Waals surface area (Å²) in [6, 6.07) is 13.4. The van der Waals surface area contributed by atoms with Crippen molar-refractivity contribution in [2.24, 2.45) is 0 Å². The summed E-state index contributed by atoms with van der Waals surface area (Å²) < 4.78 is 27.2. The molecule has 7 nitrogen and oxygen atoms in total. The fourth-order valence-corrected chi connectivity index (χ4v) is 4.38. The van der Waals surface area contributed by atoms with Crippen molar-refractivity contribution in [3.05, 3.63) is 59.7 Å². The predicted molar refractivity (Wildman–Crippen MR) is 103 cm³/mol. The SMILES string of the molecule is CN1CCN(S(=O)(=O)c2cccc(NCc3ccc(C(=O)O)cc3)c2)CC1. The molecule has 0 bridgehead atoms. The number of aromatic carboxylic acids is 1. The van der Waals surface area contributed by atoms with Gasteiger partial charge in [0.05, 0.1) is 10.5 Å². The van der Waals surface area contributed by atoms with Crippen LogP contribution in [0.5, 0.6) is 0 Å². The van der Waals surface area contributed by atoms with E-state index in [-0.39, 0.29) is 10.5 Å². The molecule has 2 aromatic rings. The minimum absolute atomic E-state index is 0.235. The molecule has 0 spiro atoms. The zero-order valence-corrected chi connectivity index (χ0v) is 15.9. The van der Waals surface area contributed by atoms with Gasteiger partial charge in [0.1, 0.15) is 0 Å². The van der Waals surface area contributed by atoms with Crippen molar-refractivity contribution in [1.82, 2.24) is 9.21 Å². The molecule has 3 rings (SSSR count). The Labute approximate surface area is 159 Å². The van der Waals surface area contributed by atoms with Crippen LogP contribution < -0.4 is 5.32 Å². The minimum atomic E-state index is -3.50. The van der Waals surface area contributed by atoms with E-state index in [0.29, 0.717) is 25.3 Å². The van der Waals surface area contributed by atoms with Crippen LogP contribution in [0, 0.1) is 0 Å². The monoisotopic (exact) mass is 389 g/mol. The fourth-order valence-electron chi connectivity index (χ4n) is 2.91. The van der Waals surface area contributed by atoms with E-state index in [0.717, 1.165) is 18.7 Å². The van der Waals surface area contributed by atoms with Gasteiger partial charge < -0.3 is 15.3 Å². The number of nitrogens with zero attached hydrogens (tertiary/aromatic N) is 2. The molecule has 144 valence electrons. The molecule has 1 fully saturated rings. The first-order valence-electron chi connectivity index (χ1n) is 8.71. The van der Waals surface area contributed by atoms with Crippen molar-refractivity contribution in [1.29, 1.82) is 0 Å². The number of nitrogens with one attached hydrogen (secondary N) is 1. The molecule has 0 radical (unpaired) electrons. The van der Waals surface area contributed by atoms with E-state index < -0.39 is 16.0 Å². The van der Waals surface area contributed by atoms with E-state index >= 15 is 0 Å². The van der Waals surface area contributed by atoms with Gasteiger partial charge in [-0.3, -0.25) is 0 Å². The second-order valence-corrected chi connectivity index (χ2v) is 8.53. The summed E-state index contributed by atoms with van der Waals surface area (Å²) in [4.78, 5) is 13.3. The fraction of sp³-hybridized carbons (Fsp3) is 0.316. The number of carboxylic acids is 1. The number of carboxylic acid groups (broad SMARTS) is 1. The molecular formula is C19H23N3O4S. The molecule has 1 heterocycles. The highest BCUT2D eigenvalue weighted by molar-refractivity contribution is 7.89. The standard InChI is InChI=1S/C19H23N3O4S/c1-21-9-11-22(12-10-21)27(25,26)18-4-2-3-17(13-18)20-14-15-5-7-16(8-6-15)19(23)24/h2-8,13,20H,9-12,14H2,1H3,(H,23,24). The molecule has 1 saturated heterocycles. The number of hydrogen-bond donors (Lipinski definition) is 2. The third-order valence-corrected chi connectivity index (χ3v) is 6.53. The zero-order chi connectivity index (χ0) is 19.4. The highest BCUT2D eigenvalue weighted by Crippen LogP contribution is 2.21. The quantitative estimate of drug-likeness (QED) is 0.785. The van der Waals surface area contributed by atoms with Gasteiger partial charge in [-0.25, -0.2) is 13.2 Å². The van der Waals surface area contributed by atoms with Gasteiger partial charge in [-0.2, -0.15) is 4.31 Å². The Hall–Kier alpha value is -2.42. The van der Waals surface area contributed by atoms with Gasteiger partial charge in [0.2, 0.25) is 10.0 Å². The van der Waals surface area contributed by atoms with E-state index in [2.05, 4.69) is 10.2 Å².